The second-order valence-electron chi connectivity index (χ2n) is 5.98. The molecule has 1 N–H and O–H groups in total. The van der Waals surface area contributed by atoms with Crippen LogP contribution < -0.4 is 14.8 Å². The molecule has 0 radical (unpaired) electrons. The molecule has 0 saturated heterocycles. The number of rotatable bonds is 9. The molecule has 0 fully saturated rings. The molecule has 0 aliphatic heterocycles. The molecule has 8 heteroatoms. The number of ether oxygens (including phenoxy) is 2. The summed E-state index contributed by atoms with van der Waals surface area (Å²) in [6.45, 7) is 4.36. The molecule has 7 nitrogen and oxygen atoms in total. The van der Waals surface area contributed by atoms with Crippen molar-refractivity contribution in [2.45, 2.75) is 11.7 Å². The molecular weight excluding hydrogens is 388 g/mol. The van der Waals surface area contributed by atoms with Gasteiger partial charge in [-0.1, -0.05) is 48.2 Å². The number of nitrogens with one attached hydrogen (secondary N) is 1. The molecule has 0 unspecified atom stereocenters. The number of carbonyl (C=O) groups excluding carboxylic acids is 1. The number of allylic oxidation sites excluding steroid dienone is 1. The molecule has 3 aromatic rings. The van der Waals surface area contributed by atoms with Gasteiger partial charge in [0.15, 0.2) is 22.5 Å². The number of nitrogens with zero attached hydrogens (tertiary/aromatic N) is 3. The van der Waals surface area contributed by atoms with Crippen LogP contribution in [-0.2, 0) is 11.3 Å². The van der Waals surface area contributed by atoms with Crippen molar-refractivity contribution in [1.29, 1.82) is 0 Å². The molecule has 1 amide bonds. The Morgan fingerprint density at radius 3 is 2.59 bits per heavy atom. The first-order valence-corrected chi connectivity index (χ1v) is 9.89. The second-order valence-corrected chi connectivity index (χ2v) is 6.92. The van der Waals surface area contributed by atoms with Crippen LogP contribution in [0.15, 0.2) is 66.3 Å². The van der Waals surface area contributed by atoms with Crippen LogP contribution in [0.5, 0.6) is 11.5 Å². The van der Waals surface area contributed by atoms with Gasteiger partial charge in [-0.15, -0.1) is 16.8 Å². The van der Waals surface area contributed by atoms with Crippen molar-refractivity contribution in [2.75, 3.05) is 25.3 Å². The third-order valence-corrected chi connectivity index (χ3v) is 5.03. The van der Waals surface area contributed by atoms with Crippen LogP contribution in [0.1, 0.15) is 0 Å². The van der Waals surface area contributed by atoms with Crippen molar-refractivity contribution in [3.63, 3.8) is 0 Å². The zero-order valence-electron chi connectivity index (χ0n) is 16.3. The van der Waals surface area contributed by atoms with Crippen molar-refractivity contribution in [3.8, 4) is 22.9 Å². The number of thioether (sulfide) groups is 1. The maximum atomic E-state index is 12.4. The quantitative estimate of drug-likeness (QED) is 0.426. The predicted octanol–water partition coefficient (Wildman–Crippen LogP) is 3.88. The minimum Gasteiger partial charge on any atom is -0.493 e. The van der Waals surface area contributed by atoms with Gasteiger partial charge in [0.25, 0.3) is 0 Å². The van der Waals surface area contributed by atoms with E-state index in [1.807, 2.05) is 34.9 Å². The van der Waals surface area contributed by atoms with Crippen LogP contribution >= 0.6 is 11.8 Å². The Hall–Kier alpha value is -3.26. The lowest BCUT2D eigenvalue weighted by atomic mass is 10.2. The number of methoxy groups -OCH3 is 2. The first-order valence-electron chi connectivity index (χ1n) is 8.90. The third-order valence-electron chi connectivity index (χ3n) is 4.06. The van der Waals surface area contributed by atoms with Gasteiger partial charge in [-0.2, -0.15) is 0 Å². The monoisotopic (exact) mass is 410 g/mol. The Labute approximate surface area is 173 Å². The molecule has 0 atom stereocenters. The van der Waals surface area contributed by atoms with Gasteiger partial charge in [0.1, 0.15) is 0 Å². The lowest BCUT2D eigenvalue weighted by molar-refractivity contribution is -0.113. The van der Waals surface area contributed by atoms with Gasteiger partial charge in [0, 0.05) is 23.9 Å². The summed E-state index contributed by atoms with van der Waals surface area (Å²) in [5.41, 5.74) is 1.59. The standard InChI is InChI=1S/C21H22N4O3S/c1-4-12-25-20(15-8-6-5-7-9-15)23-24-21(25)29-14-19(26)22-16-10-11-17(27-2)18(13-16)28-3/h4-11,13H,1,12,14H2,2-3H3,(H,22,26). The molecule has 1 heterocycles. The topological polar surface area (TPSA) is 78.3 Å². The fourth-order valence-electron chi connectivity index (χ4n) is 2.73. The maximum Gasteiger partial charge on any atom is 0.234 e. The van der Waals surface area contributed by atoms with Crippen LogP contribution in [0, 0.1) is 0 Å². The predicted molar refractivity (Wildman–Crippen MR) is 115 cm³/mol. The van der Waals surface area contributed by atoms with Gasteiger partial charge in [0.2, 0.25) is 5.91 Å². The number of hydrogen-bond acceptors (Lipinski definition) is 6. The first-order chi connectivity index (χ1) is 14.2. The van der Waals surface area contributed by atoms with Crippen molar-refractivity contribution < 1.29 is 14.3 Å². The smallest absolute Gasteiger partial charge is 0.234 e. The summed E-state index contributed by atoms with van der Waals surface area (Å²) in [6.07, 6.45) is 1.78. The summed E-state index contributed by atoms with van der Waals surface area (Å²) in [5.74, 6) is 1.94. The zero-order valence-corrected chi connectivity index (χ0v) is 17.1. The van der Waals surface area contributed by atoms with Gasteiger partial charge < -0.3 is 14.8 Å². The second kappa shape index (κ2) is 9.79. The van der Waals surface area contributed by atoms with Crippen molar-refractivity contribution in [3.05, 3.63) is 61.2 Å². The normalized spacial score (nSPS) is 10.4. The Morgan fingerprint density at radius 2 is 1.90 bits per heavy atom. The largest absolute Gasteiger partial charge is 0.493 e. The Morgan fingerprint density at radius 1 is 1.14 bits per heavy atom. The minimum atomic E-state index is -0.156. The molecule has 150 valence electrons. The molecule has 0 aliphatic rings. The summed E-state index contributed by atoms with van der Waals surface area (Å²) in [7, 11) is 3.12. The fourth-order valence-corrected chi connectivity index (χ4v) is 3.48. The lowest BCUT2D eigenvalue weighted by Gasteiger charge is -2.11. The molecule has 1 aromatic heterocycles. The summed E-state index contributed by atoms with van der Waals surface area (Å²) in [6, 6.07) is 15.0. The molecule has 0 saturated carbocycles. The van der Waals surface area contributed by atoms with E-state index in [1.54, 1.807) is 38.5 Å². The lowest BCUT2D eigenvalue weighted by Crippen LogP contribution is -2.14. The number of carbonyl (C=O) groups is 1. The molecule has 0 spiro atoms. The van der Waals surface area contributed by atoms with Gasteiger partial charge in [0.05, 0.1) is 20.0 Å². The Kier molecular flexibility index (Phi) is 6.91. The summed E-state index contributed by atoms with van der Waals surface area (Å²) < 4.78 is 12.4. The van der Waals surface area contributed by atoms with Gasteiger partial charge >= 0.3 is 0 Å². The highest BCUT2D eigenvalue weighted by Crippen LogP contribution is 2.30. The van der Waals surface area contributed by atoms with Crippen molar-refractivity contribution in [2.24, 2.45) is 0 Å². The van der Waals surface area contributed by atoms with Gasteiger partial charge in [-0.25, -0.2) is 0 Å². The van der Waals surface area contributed by atoms with Crippen LogP contribution in [0.4, 0.5) is 5.69 Å². The fraction of sp³-hybridized carbons (Fsp3) is 0.190. The molecule has 0 aliphatic carbocycles. The maximum absolute atomic E-state index is 12.4. The van der Waals surface area contributed by atoms with Crippen LogP contribution in [-0.4, -0.2) is 40.6 Å². The van der Waals surface area contributed by atoms with Gasteiger partial charge in [-0.05, 0) is 12.1 Å². The van der Waals surface area contributed by atoms with Crippen molar-refractivity contribution in [1.82, 2.24) is 14.8 Å². The molecule has 2 aromatic carbocycles. The van der Waals surface area contributed by atoms with Crippen LogP contribution in [0.3, 0.4) is 0 Å². The highest BCUT2D eigenvalue weighted by molar-refractivity contribution is 7.99. The van der Waals surface area contributed by atoms with E-state index in [-0.39, 0.29) is 11.7 Å². The van der Waals surface area contributed by atoms with E-state index in [2.05, 4.69) is 22.1 Å². The Bertz CT molecular complexity index is 989. The molecule has 0 bridgehead atoms. The summed E-state index contributed by atoms with van der Waals surface area (Å²) in [5, 5.41) is 12.1. The van der Waals surface area contributed by atoms with E-state index in [0.717, 1.165) is 11.4 Å². The minimum absolute atomic E-state index is 0.156. The summed E-state index contributed by atoms with van der Waals surface area (Å²) >= 11 is 1.32. The highest BCUT2D eigenvalue weighted by Gasteiger charge is 2.15. The van der Waals surface area contributed by atoms with E-state index < -0.39 is 0 Å². The SMILES string of the molecule is C=CCn1c(SCC(=O)Nc2ccc(OC)c(OC)c2)nnc1-c1ccccc1. The molecule has 3 rings (SSSR count). The molecule has 29 heavy (non-hydrogen) atoms. The molecular formula is C21H22N4O3S. The first kappa shape index (κ1) is 20.5. The third kappa shape index (κ3) is 4.97. The number of benzene rings is 2. The average Bonchev–Trinajstić information content (AvgIpc) is 3.15. The summed E-state index contributed by atoms with van der Waals surface area (Å²) in [4.78, 5) is 12.4. The number of anilines is 1. The highest BCUT2D eigenvalue weighted by atomic mass is 32.2. The number of aromatic nitrogens is 3. The van der Waals surface area contributed by atoms with E-state index >= 15 is 0 Å². The van der Waals surface area contributed by atoms with Gasteiger partial charge in [-0.3, -0.25) is 9.36 Å². The average molecular weight is 410 g/mol. The van der Waals surface area contributed by atoms with E-state index in [9.17, 15) is 4.79 Å². The van der Waals surface area contributed by atoms with E-state index in [4.69, 9.17) is 9.47 Å². The zero-order chi connectivity index (χ0) is 20.6. The van der Waals surface area contributed by atoms with E-state index in [0.29, 0.717) is 28.9 Å². The Balaban J connectivity index is 1.69. The van der Waals surface area contributed by atoms with Crippen LogP contribution in [0.25, 0.3) is 11.4 Å². The van der Waals surface area contributed by atoms with Crippen LogP contribution in [0.2, 0.25) is 0 Å². The van der Waals surface area contributed by atoms with Crippen molar-refractivity contribution >= 4 is 23.4 Å². The number of amides is 1. The van der Waals surface area contributed by atoms with E-state index in [1.165, 1.54) is 11.8 Å². The number of hydrogen-bond donors (Lipinski definition) is 1.